The Morgan fingerprint density at radius 3 is 2.37 bits per heavy atom. The molecule has 0 bridgehead atoms. The summed E-state index contributed by atoms with van der Waals surface area (Å²) in [4.78, 5) is 24.5. The van der Waals surface area contributed by atoms with Crippen molar-refractivity contribution in [2.45, 2.75) is 32.5 Å². The van der Waals surface area contributed by atoms with Gasteiger partial charge in [-0.05, 0) is 12.8 Å². The molecule has 110 valence electrons. The number of ether oxygens (including phenoxy) is 1. The molecule has 19 heavy (non-hydrogen) atoms. The summed E-state index contributed by atoms with van der Waals surface area (Å²) in [5.74, 6) is -0.562. The van der Waals surface area contributed by atoms with E-state index < -0.39 is 30.3 Å². The lowest BCUT2D eigenvalue weighted by Gasteiger charge is -2.25. The lowest BCUT2D eigenvalue weighted by atomic mass is 9.88. The highest BCUT2D eigenvalue weighted by molar-refractivity contribution is 6.06. The van der Waals surface area contributed by atoms with E-state index in [1.54, 1.807) is 20.8 Å². The highest BCUT2D eigenvalue weighted by atomic mass is 19.4. The molecule has 5 nitrogen and oxygen atoms in total. The fraction of sp³-hybridized carbons (Fsp3) is 0.818. The van der Waals surface area contributed by atoms with Gasteiger partial charge in [-0.15, -0.1) is 0 Å². The fourth-order valence-electron chi connectivity index (χ4n) is 1.65. The molecule has 0 unspecified atom stereocenters. The number of carbonyl (C=O) groups excluding carboxylic acids is 2. The van der Waals surface area contributed by atoms with Gasteiger partial charge in [-0.3, -0.25) is 9.69 Å². The van der Waals surface area contributed by atoms with Crippen LogP contribution in [-0.4, -0.2) is 48.3 Å². The molecule has 0 aromatic heterocycles. The van der Waals surface area contributed by atoms with Gasteiger partial charge in [-0.2, -0.15) is 13.2 Å². The minimum atomic E-state index is -4.41. The molecule has 0 radical (unpaired) electrons. The summed E-state index contributed by atoms with van der Waals surface area (Å²) in [6, 6.07) is -0.600. The number of halogens is 3. The predicted molar refractivity (Wildman–Crippen MR) is 60.4 cm³/mol. The predicted octanol–water partition coefficient (Wildman–Crippen LogP) is 1.53. The maximum absolute atomic E-state index is 12.0. The van der Waals surface area contributed by atoms with E-state index in [1.807, 2.05) is 0 Å². The molecule has 1 atom stereocenters. The van der Waals surface area contributed by atoms with Crippen LogP contribution in [-0.2, 0) is 9.53 Å². The number of rotatable bonds is 5. The molecule has 1 aliphatic rings. The molecule has 1 fully saturated rings. The topological polar surface area (TPSA) is 58.6 Å². The summed E-state index contributed by atoms with van der Waals surface area (Å²) in [5.41, 5.74) is -1.01. The number of carbonyl (C=O) groups is 2. The summed E-state index contributed by atoms with van der Waals surface area (Å²) in [6.07, 6.45) is -4.41. The Morgan fingerprint density at radius 1 is 1.37 bits per heavy atom. The number of imide groups is 1. The first-order valence-corrected chi connectivity index (χ1v) is 5.86. The number of hydrogen-bond acceptors (Lipinski definition) is 3. The second-order valence-electron chi connectivity index (χ2n) is 4.91. The minimum absolute atomic E-state index is 0.120. The molecule has 0 saturated carbocycles. The van der Waals surface area contributed by atoms with E-state index in [4.69, 9.17) is 0 Å². The Kier molecular flexibility index (Phi) is 4.44. The first-order valence-electron chi connectivity index (χ1n) is 5.86. The lowest BCUT2D eigenvalue weighted by molar-refractivity contribution is -0.174. The van der Waals surface area contributed by atoms with E-state index >= 15 is 0 Å². The van der Waals surface area contributed by atoms with Crippen molar-refractivity contribution in [1.82, 2.24) is 10.2 Å². The van der Waals surface area contributed by atoms with E-state index in [9.17, 15) is 22.8 Å². The number of hydrogen-bond donors (Lipinski definition) is 1. The number of nitrogens with zero attached hydrogens (tertiary/aromatic N) is 1. The number of urea groups is 1. The van der Waals surface area contributed by atoms with Crippen LogP contribution >= 0.6 is 0 Å². The molecule has 0 aromatic rings. The third kappa shape index (κ3) is 3.59. The molecule has 1 rings (SSSR count). The van der Waals surface area contributed by atoms with E-state index in [1.165, 1.54) is 0 Å². The van der Waals surface area contributed by atoms with Gasteiger partial charge in [0.25, 0.3) is 5.91 Å². The van der Waals surface area contributed by atoms with E-state index in [0.29, 0.717) is 0 Å². The molecule has 1 aliphatic heterocycles. The molecule has 1 heterocycles. The third-order valence-corrected chi connectivity index (χ3v) is 3.18. The monoisotopic (exact) mass is 282 g/mol. The minimum Gasteiger partial charge on any atom is -0.370 e. The van der Waals surface area contributed by atoms with Gasteiger partial charge in [0, 0.05) is 0 Å². The zero-order chi connectivity index (χ0) is 14.8. The Labute approximate surface area is 109 Å². The fourth-order valence-corrected chi connectivity index (χ4v) is 1.65. The van der Waals surface area contributed by atoms with Gasteiger partial charge in [0.2, 0.25) is 0 Å². The van der Waals surface area contributed by atoms with Crippen LogP contribution in [0.15, 0.2) is 0 Å². The number of alkyl halides is 3. The molecule has 8 heteroatoms. The quantitative estimate of drug-likeness (QED) is 0.614. The van der Waals surface area contributed by atoms with Gasteiger partial charge in [-0.1, -0.05) is 13.8 Å². The van der Waals surface area contributed by atoms with E-state index in [2.05, 4.69) is 10.1 Å². The van der Waals surface area contributed by atoms with Crippen molar-refractivity contribution in [3.63, 3.8) is 0 Å². The molecular weight excluding hydrogens is 265 g/mol. The van der Waals surface area contributed by atoms with Crippen molar-refractivity contribution < 1.29 is 27.5 Å². The lowest BCUT2D eigenvalue weighted by Crippen LogP contribution is -2.48. The van der Waals surface area contributed by atoms with Gasteiger partial charge in [0.15, 0.2) is 0 Å². The number of amides is 3. The van der Waals surface area contributed by atoms with Crippen LogP contribution in [0.1, 0.15) is 20.8 Å². The van der Waals surface area contributed by atoms with Crippen molar-refractivity contribution in [3.05, 3.63) is 0 Å². The second kappa shape index (κ2) is 5.36. The second-order valence-corrected chi connectivity index (χ2v) is 4.91. The van der Waals surface area contributed by atoms with Crippen LogP contribution in [0.5, 0.6) is 0 Å². The van der Waals surface area contributed by atoms with Crippen LogP contribution in [0.2, 0.25) is 0 Å². The SMILES string of the molecule is CC(C)[C@]1(C)NC(=O)N(CCOCC(F)(F)F)C1=O. The van der Waals surface area contributed by atoms with E-state index in [-0.39, 0.29) is 19.1 Å². The molecule has 0 aromatic carbocycles. The third-order valence-electron chi connectivity index (χ3n) is 3.18. The maximum Gasteiger partial charge on any atom is 0.411 e. The molecule has 0 aliphatic carbocycles. The standard InChI is InChI=1S/C11H17F3N2O3/c1-7(2)10(3)8(17)16(9(18)15-10)4-5-19-6-11(12,13)14/h7H,4-6H2,1-3H3,(H,15,18)/t10-/m0/s1. The van der Waals surface area contributed by atoms with Crippen molar-refractivity contribution in [2.24, 2.45) is 5.92 Å². The summed E-state index contributed by atoms with van der Waals surface area (Å²) in [6.45, 7) is 3.23. The van der Waals surface area contributed by atoms with Gasteiger partial charge in [0.05, 0.1) is 13.2 Å². The van der Waals surface area contributed by atoms with Gasteiger partial charge in [0.1, 0.15) is 12.1 Å². The van der Waals surface area contributed by atoms with Crippen LogP contribution in [0.3, 0.4) is 0 Å². The largest absolute Gasteiger partial charge is 0.411 e. The van der Waals surface area contributed by atoms with Gasteiger partial charge in [-0.25, -0.2) is 4.79 Å². The average Bonchev–Trinajstić information content (AvgIpc) is 2.46. The Morgan fingerprint density at radius 2 is 1.95 bits per heavy atom. The van der Waals surface area contributed by atoms with Crippen LogP contribution in [0.4, 0.5) is 18.0 Å². The summed E-state index contributed by atoms with van der Waals surface area (Å²) < 4.78 is 39.9. The molecule has 0 spiro atoms. The van der Waals surface area contributed by atoms with Gasteiger partial charge < -0.3 is 10.1 Å². The summed E-state index contributed by atoms with van der Waals surface area (Å²) in [5, 5.41) is 2.55. The molecule has 3 amide bonds. The zero-order valence-corrected chi connectivity index (χ0v) is 11.0. The zero-order valence-electron chi connectivity index (χ0n) is 11.0. The highest BCUT2D eigenvalue weighted by Gasteiger charge is 2.49. The normalized spacial score (nSPS) is 24.3. The Hall–Kier alpha value is -1.31. The van der Waals surface area contributed by atoms with Crippen molar-refractivity contribution in [3.8, 4) is 0 Å². The highest BCUT2D eigenvalue weighted by Crippen LogP contribution is 2.25. The summed E-state index contributed by atoms with van der Waals surface area (Å²) >= 11 is 0. The van der Waals surface area contributed by atoms with Crippen molar-refractivity contribution in [2.75, 3.05) is 19.8 Å². The first kappa shape index (κ1) is 15.7. The molecule has 1 N–H and O–H groups in total. The Bertz CT molecular complexity index is 371. The van der Waals surface area contributed by atoms with Crippen LogP contribution in [0.25, 0.3) is 0 Å². The molecular formula is C11H17F3N2O3. The average molecular weight is 282 g/mol. The Balaban J connectivity index is 2.52. The first-order chi connectivity index (χ1) is 8.58. The van der Waals surface area contributed by atoms with Crippen molar-refractivity contribution in [1.29, 1.82) is 0 Å². The maximum atomic E-state index is 12.0. The van der Waals surface area contributed by atoms with E-state index in [0.717, 1.165) is 4.90 Å². The number of nitrogens with one attached hydrogen (secondary N) is 1. The molecule has 1 saturated heterocycles. The summed E-state index contributed by atoms with van der Waals surface area (Å²) in [7, 11) is 0. The van der Waals surface area contributed by atoms with Crippen LogP contribution < -0.4 is 5.32 Å². The van der Waals surface area contributed by atoms with Crippen LogP contribution in [0, 0.1) is 5.92 Å². The smallest absolute Gasteiger partial charge is 0.370 e. The van der Waals surface area contributed by atoms with Crippen molar-refractivity contribution >= 4 is 11.9 Å². The van der Waals surface area contributed by atoms with Gasteiger partial charge >= 0.3 is 12.2 Å².